The monoisotopic (exact) mass is 564 g/mol. The molecule has 0 amide bonds. The van der Waals surface area contributed by atoms with Gasteiger partial charge in [0, 0.05) is 13.0 Å². The Balaban J connectivity index is 2.09. The van der Waals surface area contributed by atoms with Gasteiger partial charge >= 0.3 is 11.9 Å². The van der Waals surface area contributed by atoms with Crippen LogP contribution < -0.4 is 28.4 Å². The van der Waals surface area contributed by atoms with E-state index in [1.54, 1.807) is 6.07 Å². The Kier molecular flexibility index (Phi) is 13.2. The molecule has 0 aromatic heterocycles. The molecule has 0 heterocycles. The second-order valence-electron chi connectivity index (χ2n) is 9.15. The third kappa shape index (κ3) is 8.84. The van der Waals surface area contributed by atoms with Crippen LogP contribution in [0.1, 0.15) is 53.8 Å². The highest BCUT2D eigenvalue weighted by Crippen LogP contribution is 2.40. The maximum absolute atomic E-state index is 12.9. The van der Waals surface area contributed by atoms with E-state index in [1.165, 1.54) is 53.7 Å². The van der Waals surface area contributed by atoms with Gasteiger partial charge in [-0.25, -0.2) is 9.59 Å². The molecule has 0 spiro atoms. The molecule has 0 fully saturated rings. The molecule has 11 nitrogen and oxygen atoms in total. The largest absolute Gasteiger partial charge is 0.493 e. The zero-order valence-corrected chi connectivity index (χ0v) is 24.2. The zero-order chi connectivity index (χ0) is 29.7. The van der Waals surface area contributed by atoms with Crippen molar-refractivity contribution in [1.82, 2.24) is 0 Å². The highest BCUT2D eigenvalue weighted by Gasteiger charge is 2.22. The van der Waals surface area contributed by atoms with Gasteiger partial charge in [-0.3, -0.25) is 0 Å². The molecule has 2 aromatic carbocycles. The number of methoxy groups -OCH3 is 5. The molecule has 0 saturated carbocycles. The molecule has 1 N–H and O–H groups in total. The molecule has 0 aliphatic heterocycles. The third-order valence-electron chi connectivity index (χ3n) is 5.78. The van der Waals surface area contributed by atoms with Gasteiger partial charge in [0.15, 0.2) is 23.0 Å². The second-order valence-corrected chi connectivity index (χ2v) is 9.15. The molecule has 0 aliphatic carbocycles. The number of esters is 2. The Morgan fingerprint density at radius 3 is 1.70 bits per heavy atom. The van der Waals surface area contributed by atoms with Crippen LogP contribution in [0.4, 0.5) is 0 Å². The van der Waals surface area contributed by atoms with Crippen molar-refractivity contribution in [3.63, 3.8) is 0 Å². The minimum atomic E-state index is -0.599. The number of ether oxygens (including phenoxy) is 8. The number of aliphatic hydroxyl groups is 1. The highest BCUT2D eigenvalue weighted by atomic mass is 16.6. The van der Waals surface area contributed by atoms with Crippen LogP contribution >= 0.6 is 0 Å². The van der Waals surface area contributed by atoms with Gasteiger partial charge in [0.2, 0.25) is 11.5 Å². The van der Waals surface area contributed by atoms with E-state index in [1.807, 2.05) is 13.8 Å². The Labute approximate surface area is 235 Å². The minimum absolute atomic E-state index is 0.167. The number of carbonyl (C=O) groups is 2. The summed E-state index contributed by atoms with van der Waals surface area (Å²) in [6.45, 7) is 4.22. The summed E-state index contributed by atoms with van der Waals surface area (Å²) in [4.78, 5) is 25.4. The van der Waals surface area contributed by atoms with Crippen molar-refractivity contribution < 1.29 is 52.6 Å². The normalized spacial score (nSPS) is 11.4. The van der Waals surface area contributed by atoms with E-state index >= 15 is 0 Å². The molecule has 1 atom stereocenters. The average Bonchev–Trinajstić information content (AvgIpc) is 2.96. The third-order valence-corrected chi connectivity index (χ3v) is 5.78. The predicted octanol–water partition coefficient (Wildman–Crippen LogP) is 4.31. The summed E-state index contributed by atoms with van der Waals surface area (Å²) in [6, 6.07) is 6.08. The van der Waals surface area contributed by atoms with Crippen molar-refractivity contribution in [2.75, 3.05) is 55.4 Å². The molecule has 0 saturated heterocycles. The molecule has 2 rings (SSSR count). The van der Waals surface area contributed by atoms with Crippen molar-refractivity contribution in [2.45, 2.75) is 39.2 Å². The smallest absolute Gasteiger partial charge is 0.338 e. The standard InChI is InChI=1S/C29H40O11/c1-18(2)17-39-28(31)19-13-24(35-5)27(37-7)25(16-19)38-12-8-9-21(10-11-30)40-29(32)20-14-22(33-3)26(36-6)23(15-20)34-4/h13-16,18,21,30H,8-12,17H2,1-7H3. The van der Waals surface area contributed by atoms with Gasteiger partial charge in [-0.05, 0) is 43.0 Å². The Morgan fingerprint density at radius 1 is 0.725 bits per heavy atom. The first-order valence-electron chi connectivity index (χ1n) is 12.9. The lowest BCUT2D eigenvalue weighted by molar-refractivity contribution is 0.0205. The molecular formula is C29H40O11. The first-order valence-corrected chi connectivity index (χ1v) is 12.9. The fourth-order valence-electron chi connectivity index (χ4n) is 3.80. The van der Waals surface area contributed by atoms with Gasteiger partial charge in [0.05, 0.1) is 59.9 Å². The van der Waals surface area contributed by atoms with E-state index in [2.05, 4.69) is 0 Å². The summed E-state index contributed by atoms with van der Waals surface area (Å²) in [6.07, 6.45) is 0.547. The van der Waals surface area contributed by atoms with E-state index in [9.17, 15) is 14.7 Å². The summed E-state index contributed by atoms with van der Waals surface area (Å²) >= 11 is 0. The van der Waals surface area contributed by atoms with E-state index < -0.39 is 18.0 Å². The zero-order valence-electron chi connectivity index (χ0n) is 24.2. The minimum Gasteiger partial charge on any atom is -0.493 e. The van der Waals surface area contributed by atoms with Crippen LogP contribution in [-0.4, -0.2) is 78.5 Å². The molecule has 2 aromatic rings. The lowest BCUT2D eigenvalue weighted by Gasteiger charge is -2.19. The van der Waals surface area contributed by atoms with Crippen molar-refractivity contribution in [1.29, 1.82) is 0 Å². The van der Waals surface area contributed by atoms with Crippen LogP contribution in [0, 0.1) is 5.92 Å². The number of carbonyl (C=O) groups excluding carboxylic acids is 2. The van der Waals surface area contributed by atoms with Gasteiger partial charge in [0.1, 0.15) is 6.10 Å². The fourth-order valence-corrected chi connectivity index (χ4v) is 3.80. The van der Waals surface area contributed by atoms with Gasteiger partial charge < -0.3 is 43.0 Å². The summed E-state index contributed by atoms with van der Waals surface area (Å²) < 4.78 is 43.7. The maximum Gasteiger partial charge on any atom is 0.338 e. The summed E-state index contributed by atoms with van der Waals surface area (Å²) in [7, 11) is 7.32. The van der Waals surface area contributed by atoms with Crippen molar-refractivity contribution in [3.8, 4) is 34.5 Å². The summed E-state index contributed by atoms with van der Waals surface area (Å²) in [5.74, 6) is 1.06. The van der Waals surface area contributed by atoms with E-state index in [0.29, 0.717) is 47.3 Å². The van der Waals surface area contributed by atoms with E-state index in [-0.39, 0.29) is 43.3 Å². The summed E-state index contributed by atoms with van der Waals surface area (Å²) in [5, 5.41) is 9.52. The van der Waals surface area contributed by atoms with Gasteiger partial charge in [-0.15, -0.1) is 0 Å². The number of rotatable bonds is 17. The number of hydrogen-bond donors (Lipinski definition) is 1. The molecule has 40 heavy (non-hydrogen) atoms. The Bertz CT molecular complexity index is 1090. The maximum atomic E-state index is 12.9. The summed E-state index contributed by atoms with van der Waals surface area (Å²) in [5.41, 5.74) is 0.484. The topological polar surface area (TPSA) is 128 Å². The van der Waals surface area contributed by atoms with Gasteiger partial charge in [-0.2, -0.15) is 0 Å². The van der Waals surface area contributed by atoms with Crippen molar-refractivity contribution >= 4 is 11.9 Å². The molecular weight excluding hydrogens is 524 g/mol. The molecule has 1 unspecified atom stereocenters. The van der Waals surface area contributed by atoms with Gasteiger partial charge in [-0.1, -0.05) is 13.8 Å². The fraction of sp³-hybridized carbons (Fsp3) is 0.517. The van der Waals surface area contributed by atoms with Crippen LogP contribution in [0.3, 0.4) is 0 Å². The average molecular weight is 565 g/mol. The first kappa shape index (κ1) is 32.4. The van der Waals surface area contributed by atoms with Crippen molar-refractivity contribution in [2.24, 2.45) is 5.92 Å². The van der Waals surface area contributed by atoms with Crippen LogP contribution in [0.25, 0.3) is 0 Å². The van der Waals surface area contributed by atoms with Crippen molar-refractivity contribution in [3.05, 3.63) is 35.4 Å². The lowest BCUT2D eigenvalue weighted by Crippen LogP contribution is -2.21. The highest BCUT2D eigenvalue weighted by molar-refractivity contribution is 5.92. The second kappa shape index (κ2) is 16.3. The van der Waals surface area contributed by atoms with Crippen LogP contribution in [0.2, 0.25) is 0 Å². The van der Waals surface area contributed by atoms with Crippen LogP contribution in [-0.2, 0) is 9.47 Å². The van der Waals surface area contributed by atoms with Crippen LogP contribution in [0.15, 0.2) is 24.3 Å². The Hall–Kier alpha value is -3.86. The number of benzene rings is 2. The Morgan fingerprint density at radius 2 is 1.23 bits per heavy atom. The quantitative estimate of drug-likeness (QED) is 0.218. The molecule has 0 aliphatic rings. The predicted molar refractivity (Wildman–Crippen MR) is 146 cm³/mol. The SMILES string of the molecule is COc1cc(C(=O)OC(CCO)CCCOc2cc(C(=O)OCC(C)C)cc(OC)c2OC)cc(OC)c1OC. The number of aliphatic hydroxyl groups excluding tert-OH is 1. The first-order chi connectivity index (χ1) is 19.2. The van der Waals surface area contributed by atoms with Crippen LogP contribution in [0.5, 0.6) is 34.5 Å². The molecule has 222 valence electrons. The molecule has 11 heteroatoms. The van der Waals surface area contributed by atoms with E-state index in [4.69, 9.17) is 37.9 Å². The molecule has 0 bridgehead atoms. The lowest BCUT2D eigenvalue weighted by atomic mass is 10.1. The van der Waals surface area contributed by atoms with E-state index in [0.717, 1.165) is 0 Å². The number of hydrogen-bond acceptors (Lipinski definition) is 11. The molecule has 0 radical (unpaired) electrons. The van der Waals surface area contributed by atoms with Gasteiger partial charge in [0.25, 0.3) is 0 Å².